The van der Waals surface area contributed by atoms with Gasteiger partial charge in [0.15, 0.2) is 0 Å². The quantitative estimate of drug-likeness (QED) is 0.882. The van der Waals surface area contributed by atoms with Crippen molar-refractivity contribution in [3.63, 3.8) is 0 Å². The molecule has 0 saturated carbocycles. The van der Waals surface area contributed by atoms with Gasteiger partial charge in [0.05, 0.1) is 17.6 Å². The van der Waals surface area contributed by atoms with E-state index in [2.05, 4.69) is 42.8 Å². The van der Waals surface area contributed by atoms with E-state index < -0.39 is 0 Å². The maximum Gasteiger partial charge on any atom is 0.0572 e. The van der Waals surface area contributed by atoms with Gasteiger partial charge in [-0.15, -0.1) is 0 Å². The summed E-state index contributed by atoms with van der Waals surface area (Å²) in [5.74, 6) is 0. The SMILES string of the molecule is CCC(N)c1ccc(N2CCC(CC)(CC)C2)cn1. The Kier molecular flexibility index (Phi) is 4.46. The molecule has 1 aliphatic heterocycles. The van der Waals surface area contributed by atoms with E-state index in [1.165, 1.54) is 31.5 Å². The van der Waals surface area contributed by atoms with Crippen LogP contribution in [0.15, 0.2) is 18.3 Å². The van der Waals surface area contributed by atoms with Gasteiger partial charge in [0, 0.05) is 19.1 Å². The lowest BCUT2D eigenvalue weighted by Gasteiger charge is -2.27. The van der Waals surface area contributed by atoms with Crippen LogP contribution in [0.5, 0.6) is 0 Å². The fourth-order valence-electron chi connectivity index (χ4n) is 3.00. The van der Waals surface area contributed by atoms with Gasteiger partial charge in [-0.3, -0.25) is 4.98 Å². The van der Waals surface area contributed by atoms with Crippen molar-refractivity contribution in [2.24, 2.45) is 11.1 Å². The Morgan fingerprint density at radius 1 is 1.32 bits per heavy atom. The van der Waals surface area contributed by atoms with Crippen LogP contribution >= 0.6 is 0 Å². The van der Waals surface area contributed by atoms with Crippen molar-refractivity contribution in [3.8, 4) is 0 Å². The summed E-state index contributed by atoms with van der Waals surface area (Å²) in [5, 5.41) is 0. The van der Waals surface area contributed by atoms with Crippen molar-refractivity contribution < 1.29 is 0 Å². The zero-order chi connectivity index (χ0) is 13.9. The average molecular weight is 261 g/mol. The van der Waals surface area contributed by atoms with E-state index in [4.69, 9.17) is 5.73 Å². The zero-order valence-corrected chi connectivity index (χ0v) is 12.5. The van der Waals surface area contributed by atoms with Crippen LogP contribution in [-0.4, -0.2) is 18.1 Å². The number of hydrogen-bond acceptors (Lipinski definition) is 3. The van der Waals surface area contributed by atoms with Crippen molar-refractivity contribution in [1.29, 1.82) is 0 Å². The summed E-state index contributed by atoms with van der Waals surface area (Å²) in [6.07, 6.45) is 6.77. The molecular weight excluding hydrogens is 234 g/mol. The van der Waals surface area contributed by atoms with Gasteiger partial charge in [-0.1, -0.05) is 20.8 Å². The van der Waals surface area contributed by atoms with Gasteiger partial charge in [-0.25, -0.2) is 0 Å². The average Bonchev–Trinajstić information content (AvgIpc) is 2.92. The summed E-state index contributed by atoms with van der Waals surface area (Å²) >= 11 is 0. The standard InChI is InChI=1S/C16H27N3/c1-4-14(17)15-8-7-13(11-18-15)19-10-9-16(5-2,6-3)12-19/h7-8,11,14H,4-6,9-10,12,17H2,1-3H3. The molecule has 3 heteroatoms. The first-order chi connectivity index (χ1) is 9.14. The van der Waals surface area contributed by atoms with E-state index in [-0.39, 0.29) is 6.04 Å². The van der Waals surface area contributed by atoms with Gasteiger partial charge in [-0.05, 0) is 43.2 Å². The van der Waals surface area contributed by atoms with E-state index in [1.54, 1.807) is 0 Å². The first kappa shape index (κ1) is 14.3. The third-order valence-electron chi connectivity index (χ3n) is 4.89. The number of nitrogens with two attached hydrogens (primary N) is 1. The fraction of sp³-hybridized carbons (Fsp3) is 0.688. The number of rotatable bonds is 5. The van der Waals surface area contributed by atoms with Gasteiger partial charge in [0.2, 0.25) is 0 Å². The molecule has 2 heterocycles. The number of pyridine rings is 1. The van der Waals surface area contributed by atoms with Crippen molar-refractivity contribution in [3.05, 3.63) is 24.0 Å². The topological polar surface area (TPSA) is 42.1 Å². The molecular formula is C16H27N3. The van der Waals surface area contributed by atoms with Crippen molar-refractivity contribution >= 4 is 5.69 Å². The lowest BCUT2D eigenvalue weighted by atomic mass is 9.82. The highest BCUT2D eigenvalue weighted by molar-refractivity contribution is 5.46. The highest BCUT2D eigenvalue weighted by atomic mass is 15.2. The van der Waals surface area contributed by atoms with Crippen LogP contribution in [0, 0.1) is 5.41 Å². The summed E-state index contributed by atoms with van der Waals surface area (Å²) in [7, 11) is 0. The molecule has 1 unspecified atom stereocenters. The third kappa shape index (κ3) is 2.92. The first-order valence-corrected chi connectivity index (χ1v) is 7.60. The molecule has 1 aromatic rings. The molecule has 2 rings (SSSR count). The molecule has 1 aromatic heterocycles. The monoisotopic (exact) mass is 261 g/mol. The minimum atomic E-state index is 0.0676. The van der Waals surface area contributed by atoms with Crippen molar-refractivity contribution in [2.75, 3.05) is 18.0 Å². The van der Waals surface area contributed by atoms with E-state index in [1.807, 2.05) is 6.20 Å². The van der Waals surface area contributed by atoms with Crippen LogP contribution in [-0.2, 0) is 0 Å². The van der Waals surface area contributed by atoms with E-state index in [9.17, 15) is 0 Å². The molecule has 1 aliphatic rings. The highest BCUT2D eigenvalue weighted by Gasteiger charge is 2.34. The predicted molar refractivity (Wildman–Crippen MR) is 81.3 cm³/mol. The molecule has 3 nitrogen and oxygen atoms in total. The normalized spacial score (nSPS) is 19.7. The van der Waals surface area contributed by atoms with Gasteiger partial charge >= 0.3 is 0 Å². The van der Waals surface area contributed by atoms with Crippen LogP contribution in [0.1, 0.15) is 58.2 Å². The molecule has 19 heavy (non-hydrogen) atoms. The van der Waals surface area contributed by atoms with Crippen LogP contribution < -0.4 is 10.6 Å². The van der Waals surface area contributed by atoms with Gasteiger partial charge in [0.25, 0.3) is 0 Å². The zero-order valence-electron chi connectivity index (χ0n) is 12.5. The van der Waals surface area contributed by atoms with Crippen molar-refractivity contribution in [1.82, 2.24) is 4.98 Å². The molecule has 1 fully saturated rings. The van der Waals surface area contributed by atoms with Crippen LogP contribution in [0.4, 0.5) is 5.69 Å². The second-order valence-electron chi connectivity index (χ2n) is 5.83. The van der Waals surface area contributed by atoms with E-state index in [0.717, 1.165) is 18.7 Å². The predicted octanol–water partition coefficient (Wildman–Crippen LogP) is 3.51. The Hall–Kier alpha value is -1.09. The lowest BCUT2D eigenvalue weighted by molar-refractivity contribution is 0.301. The minimum absolute atomic E-state index is 0.0676. The molecule has 0 radical (unpaired) electrons. The van der Waals surface area contributed by atoms with Crippen LogP contribution in [0.3, 0.4) is 0 Å². The lowest BCUT2D eigenvalue weighted by Crippen LogP contribution is -2.26. The van der Waals surface area contributed by atoms with Gasteiger partial charge in [0.1, 0.15) is 0 Å². The second kappa shape index (κ2) is 5.91. The minimum Gasteiger partial charge on any atom is -0.370 e. The smallest absolute Gasteiger partial charge is 0.0572 e. The number of nitrogens with zero attached hydrogens (tertiary/aromatic N) is 2. The van der Waals surface area contributed by atoms with Crippen LogP contribution in [0.2, 0.25) is 0 Å². The second-order valence-corrected chi connectivity index (χ2v) is 5.83. The molecule has 0 aromatic carbocycles. The number of hydrogen-bond donors (Lipinski definition) is 1. The summed E-state index contributed by atoms with van der Waals surface area (Å²) < 4.78 is 0. The summed E-state index contributed by atoms with van der Waals surface area (Å²) in [4.78, 5) is 7.00. The Balaban J connectivity index is 2.08. The molecule has 1 atom stereocenters. The number of aromatic nitrogens is 1. The molecule has 0 amide bonds. The van der Waals surface area contributed by atoms with Gasteiger partial charge in [-0.2, -0.15) is 0 Å². The molecule has 2 N–H and O–H groups in total. The Bertz CT molecular complexity index is 395. The van der Waals surface area contributed by atoms with E-state index in [0.29, 0.717) is 5.41 Å². The highest BCUT2D eigenvalue weighted by Crippen LogP contribution is 2.38. The van der Waals surface area contributed by atoms with Gasteiger partial charge < -0.3 is 10.6 Å². The Morgan fingerprint density at radius 3 is 2.53 bits per heavy atom. The number of anilines is 1. The maximum absolute atomic E-state index is 6.01. The fourth-order valence-corrected chi connectivity index (χ4v) is 3.00. The van der Waals surface area contributed by atoms with Crippen LogP contribution in [0.25, 0.3) is 0 Å². The molecule has 106 valence electrons. The molecule has 0 bridgehead atoms. The first-order valence-electron chi connectivity index (χ1n) is 7.60. The van der Waals surface area contributed by atoms with Crippen molar-refractivity contribution in [2.45, 2.75) is 52.5 Å². The molecule has 0 aliphatic carbocycles. The molecule has 0 spiro atoms. The largest absolute Gasteiger partial charge is 0.370 e. The summed E-state index contributed by atoms with van der Waals surface area (Å²) in [6.45, 7) is 9.05. The summed E-state index contributed by atoms with van der Waals surface area (Å²) in [6, 6.07) is 4.33. The maximum atomic E-state index is 6.01. The summed E-state index contributed by atoms with van der Waals surface area (Å²) in [5.41, 5.74) is 8.77. The van der Waals surface area contributed by atoms with E-state index >= 15 is 0 Å². The Labute approximate surface area is 117 Å². The third-order valence-corrected chi connectivity index (χ3v) is 4.89. The Morgan fingerprint density at radius 2 is 2.05 bits per heavy atom. The molecule has 1 saturated heterocycles.